The third-order valence-electron chi connectivity index (χ3n) is 6.23. The summed E-state index contributed by atoms with van der Waals surface area (Å²) < 4.78 is 5.29. The summed E-state index contributed by atoms with van der Waals surface area (Å²) in [5.74, 6) is -0.458. The zero-order valence-electron chi connectivity index (χ0n) is 19.2. The van der Waals surface area contributed by atoms with Crippen LogP contribution in [0.4, 0.5) is 5.69 Å². The lowest BCUT2D eigenvalue weighted by atomic mass is 10.1. The molecule has 2 aromatic carbocycles. The number of ether oxygens (including phenoxy) is 1. The molecule has 0 aromatic heterocycles. The third kappa shape index (κ3) is 5.27. The van der Waals surface area contributed by atoms with Crippen molar-refractivity contribution in [3.05, 3.63) is 59.7 Å². The Labute approximate surface area is 194 Å². The van der Waals surface area contributed by atoms with E-state index in [4.69, 9.17) is 4.74 Å². The highest BCUT2D eigenvalue weighted by Gasteiger charge is 2.34. The van der Waals surface area contributed by atoms with Gasteiger partial charge in [-0.05, 0) is 24.6 Å². The van der Waals surface area contributed by atoms with E-state index >= 15 is 0 Å². The average molecular weight is 451 g/mol. The molecule has 2 aliphatic heterocycles. The van der Waals surface area contributed by atoms with Gasteiger partial charge in [-0.2, -0.15) is 0 Å². The maximum absolute atomic E-state index is 12.8. The molecule has 0 aliphatic carbocycles. The summed E-state index contributed by atoms with van der Waals surface area (Å²) >= 11 is 0. The van der Waals surface area contributed by atoms with Gasteiger partial charge in [-0.25, -0.2) is 0 Å². The molecule has 8 heteroatoms. The van der Waals surface area contributed by atoms with Crippen molar-refractivity contribution in [1.82, 2.24) is 14.7 Å². The number of rotatable bonds is 6. The summed E-state index contributed by atoms with van der Waals surface area (Å²) in [6.07, 6.45) is 0. The predicted molar refractivity (Wildman–Crippen MR) is 125 cm³/mol. The van der Waals surface area contributed by atoms with E-state index in [9.17, 15) is 14.4 Å². The van der Waals surface area contributed by atoms with E-state index in [0.717, 1.165) is 22.6 Å². The van der Waals surface area contributed by atoms with Crippen molar-refractivity contribution in [3.8, 4) is 5.75 Å². The summed E-state index contributed by atoms with van der Waals surface area (Å²) in [6, 6.07) is 15.8. The Morgan fingerprint density at radius 1 is 0.879 bits per heavy atom. The van der Waals surface area contributed by atoms with Crippen molar-refractivity contribution < 1.29 is 19.1 Å². The number of anilines is 1. The number of piperazine rings is 2. The number of carbonyl (C=O) groups excluding carboxylic acids is 3. The molecule has 2 heterocycles. The minimum Gasteiger partial charge on any atom is -0.497 e. The molecule has 2 saturated heterocycles. The third-order valence-corrected chi connectivity index (χ3v) is 6.23. The molecule has 0 radical (unpaired) electrons. The van der Waals surface area contributed by atoms with Gasteiger partial charge in [-0.3, -0.25) is 14.4 Å². The Morgan fingerprint density at radius 3 is 2.30 bits per heavy atom. The van der Waals surface area contributed by atoms with Crippen LogP contribution in [0.2, 0.25) is 0 Å². The van der Waals surface area contributed by atoms with Crippen LogP contribution in [-0.2, 0) is 20.9 Å². The number of amides is 3. The van der Waals surface area contributed by atoms with Crippen LogP contribution in [0.25, 0.3) is 0 Å². The van der Waals surface area contributed by atoms with Gasteiger partial charge >= 0.3 is 11.8 Å². The van der Waals surface area contributed by atoms with E-state index in [1.165, 1.54) is 4.90 Å². The van der Waals surface area contributed by atoms with Crippen molar-refractivity contribution in [1.29, 1.82) is 0 Å². The molecule has 3 amide bonds. The quantitative estimate of drug-likeness (QED) is 0.624. The van der Waals surface area contributed by atoms with Crippen LogP contribution in [0, 0.1) is 6.92 Å². The second kappa shape index (κ2) is 9.94. The van der Waals surface area contributed by atoms with Crippen molar-refractivity contribution in [2.24, 2.45) is 0 Å². The maximum atomic E-state index is 12.8. The first-order valence-electron chi connectivity index (χ1n) is 11.2. The highest BCUT2D eigenvalue weighted by Crippen LogP contribution is 2.22. The van der Waals surface area contributed by atoms with Gasteiger partial charge in [0, 0.05) is 57.6 Å². The van der Waals surface area contributed by atoms with Crippen LogP contribution in [0.3, 0.4) is 0 Å². The summed E-state index contributed by atoms with van der Waals surface area (Å²) in [7, 11) is 1.64. The average Bonchev–Trinajstić information content (AvgIpc) is 2.84. The van der Waals surface area contributed by atoms with Crippen molar-refractivity contribution in [2.45, 2.75) is 13.5 Å². The van der Waals surface area contributed by atoms with Crippen LogP contribution in [0.1, 0.15) is 11.1 Å². The lowest BCUT2D eigenvalue weighted by Gasteiger charge is -2.38. The van der Waals surface area contributed by atoms with E-state index in [2.05, 4.69) is 4.90 Å². The number of methoxy groups -OCH3 is 1. The summed E-state index contributed by atoms with van der Waals surface area (Å²) in [6.45, 7) is 5.70. The van der Waals surface area contributed by atoms with Crippen LogP contribution < -0.4 is 9.64 Å². The van der Waals surface area contributed by atoms with Crippen LogP contribution >= 0.6 is 0 Å². The first kappa shape index (κ1) is 22.6. The normalized spacial score (nSPS) is 16.9. The Balaban J connectivity index is 1.28. The molecule has 0 saturated carbocycles. The predicted octanol–water partition coefficient (Wildman–Crippen LogP) is 1.52. The lowest BCUT2D eigenvalue weighted by molar-refractivity contribution is -0.158. The van der Waals surface area contributed by atoms with Crippen molar-refractivity contribution in [3.63, 3.8) is 0 Å². The SMILES string of the molecule is COc1cccc(N2CCN(C(=O)CN3CCN(Cc4cccc(C)c4)C(=O)C3=O)CC2)c1. The Kier molecular flexibility index (Phi) is 6.82. The van der Waals surface area contributed by atoms with E-state index in [0.29, 0.717) is 45.8 Å². The minimum absolute atomic E-state index is 0.0536. The Bertz CT molecular complexity index is 1030. The van der Waals surface area contributed by atoms with Crippen molar-refractivity contribution >= 4 is 23.4 Å². The lowest BCUT2D eigenvalue weighted by Crippen LogP contribution is -2.57. The number of aryl methyl sites for hydroxylation is 1. The fourth-order valence-electron chi connectivity index (χ4n) is 4.33. The van der Waals surface area contributed by atoms with Crippen LogP contribution in [0.15, 0.2) is 48.5 Å². The molecule has 2 fully saturated rings. The molecule has 33 heavy (non-hydrogen) atoms. The van der Waals surface area contributed by atoms with E-state index in [-0.39, 0.29) is 12.5 Å². The first-order chi connectivity index (χ1) is 15.9. The van der Waals surface area contributed by atoms with Gasteiger partial charge in [0.15, 0.2) is 0 Å². The molecular formula is C25H30N4O4. The number of hydrogen-bond acceptors (Lipinski definition) is 5. The monoisotopic (exact) mass is 450 g/mol. The zero-order chi connectivity index (χ0) is 23.4. The van der Waals surface area contributed by atoms with Gasteiger partial charge in [0.1, 0.15) is 12.3 Å². The molecule has 4 rings (SSSR count). The van der Waals surface area contributed by atoms with Crippen molar-refractivity contribution in [2.75, 3.05) is 57.8 Å². The van der Waals surface area contributed by atoms with Gasteiger partial charge in [-0.15, -0.1) is 0 Å². The largest absolute Gasteiger partial charge is 0.497 e. The number of benzene rings is 2. The van der Waals surface area contributed by atoms with Crippen LogP contribution in [0.5, 0.6) is 5.75 Å². The van der Waals surface area contributed by atoms with Gasteiger partial charge in [0.05, 0.1) is 7.11 Å². The standard InChI is InChI=1S/C25H30N4O4/c1-19-5-3-6-20(15-19)17-28-13-14-29(25(32)24(28)31)18-23(30)27-11-9-26(10-12-27)21-7-4-8-22(16-21)33-2/h3-8,15-16H,9-14,17-18H2,1-2H3. The minimum atomic E-state index is -0.600. The smallest absolute Gasteiger partial charge is 0.312 e. The molecule has 8 nitrogen and oxygen atoms in total. The van der Waals surface area contributed by atoms with Gasteiger partial charge in [0.25, 0.3) is 0 Å². The second-order valence-corrected chi connectivity index (χ2v) is 8.51. The molecular weight excluding hydrogens is 420 g/mol. The molecule has 174 valence electrons. The topological polar surface area (TPSA) is 73.4 Å². The fraction of sp³-hybridized carbons (Fsp3) is 0.400. The maximum Gasteiger partial charge on any atom is 0.312 e. The molecule has 0 atom stereocenters. The first-order valence-corrected chi connectivity index (χ1v) is 11.2. The molecule has 0 N–H and O–H groups in total. The number of nitrogens with zero attached hydrogens (tertiary/aromatic N) is 4. The highest BCUT2D eigenvalue weighted by atomic mass is 16.5. The van der Waals surface area contributed by atoms with E-state index in [1.54, 1.807) is 16.9 Å². The van der Waals surface area contributed by atoms with E-state index in [1.807, 2.05) is 55.5 Å². The summed E-state index contributed by atoms with van der Waals surface area (Å²) in [5.41, 5.74) is 3.17. The second-order valence-electron chi connectivity index (χ2n) is 8.51. The Hall–Kier alpha value is -3.55. The van der Waals surface area contributed by atoms with Gasteiger partial charge in [0.2, 0.25) is 5.91 Å². The molecule has 0 unspecified atom stereocenters. The van der Waals surface area contributed by atoms with E-state index < -0.39 is 11.8 Å². The molecule has 2 aromatic rings. The van der Waals surface area contributed by atoms with Gasteiger partial charge in [-0.1, -0.05) is 35.9 Å². The molecule has 0 spiro atoms. The highest BCUT2D eigenvalue weighted by molar-refractivity contribution is 6.35. The summed E-state index contributed by atoms with van der Waals surface area (Å²) in [5, 5.41) is 0. The number of hydrogen-bond donors (Lipinski definition) is 0. The Morgan fingerprint density at radius 2 is 1.58 bits per heavy atom. The summed E-state index contributed by atoms with van der Waals surface area (Å²) in [4.78, 5) is 45.0. The fourth-order valence-corrected chi connectivity index (χ4v) is 4.33. The van der Waals surface area contributed by atoms with Crippen LogP contribution in [-0.4, -0.2) is 85.3 Å². The molecule has 2 aliphatic rings. The number of carbonyl (C=O) groups is 3. The zero-order valence-corrected chi connectivity index (χ0v) is 19.2. The molecule has 0 bridgehead atoms. The van der Waals surface area contributed by atoms with Gasteiger partial charge < -0.3 is 24.3 Å².